The van der Waals surface area contributed by atoms with Gasteiger partial charge in [0.25, 0.3) is 5.91 Å². The van der Waals surface area contributed by atoms with Crippen molar-refractivity contribution in [3.63, 3.8) is 0 Å². The summed E-state index contributed by atoms with van der Waals surface area (Å²) in [6.45, 7) is 3.14. The zero-order chi connectivity index (χ0) is 21.6. The van der Waals surface area contributed by atoms with E-state index in [1.165, 1.54) is 11.1 Å². The topological polar surface area (TPSA) is 78.9 Å². The van der Waals surface area contributed by atoms with E-state index in [4.69, 9.17) is 4.74 Å². The second-order valence-corrected chi connectivity index (χ2v) is 8.38. The maximum atomic E-state index is 12.5. The number of ketones is 1. The van der Waals surface area contributed by atoms with Gasteiger partial charge in [0, 0.05) is 43.2 Å². The van der Waals surface area contributed by atoms with Crippen LogP contribution in [0.4, 0.5) is 0 Å². The first-order valence-corrected chi connectivity index (χ1v) is 11.1. The minimum atomic E-state index is -0.520. The van der Waals surface area contributed by atoms with Gasteiger partial charge in [-0.2, -0.15) is 0 Å². The molecule has 4 rings (SSSR count). The summed E-state index contributed by atoms with van der Waals surface area (Å²) >= 11 is 0. The van der Waals surface area contributed by atoms with Gasteiger partial charge in [0.05, 0.1) is 19.3 Å². The normalized spacial score (nSPS) is 19.5. The Morgan fingerprint density at radius 1 is 1.03 bits per heavy atom. The van der Waals surface area contributed by atoms with E-state index in [1.807, 2.05) is 6.07 Å². The molecule has 31 heavy (non-hydrogen) atoms. The van der Waals surface area contributed by atoms with E-state index >= 15 is 0 Å². The molecule has 0 bridgehead atoms. The van der Waals surface area contributed by atoms with Crippen molar-refractivity contribution in [2.45, 2.75) is 44.4 Å². The molecule has 1 amide bonds. The van der Waals surface area contributed by atoms with Gasteiger partial charge in [-0.1, -0.05) is 36.4 Å². The van der Waals surface area contributed by atoms with Crippen LogP contribution in [0.1, 0.15) is 51.1 Å². The SMILES string of the molecule is O=C(CCC(O)CC1Cc2ccccc2CN1)c1ccc(C(=O)N2CCOCC2)cc1. The smallest absolute Gasteiger partial charge is 0.254 e. The summed E-state index contributed by atoms with van der Waals surface area (Å²) in [4.78, 5) is 26.8. The lowest BCUT2D eigenvalue weighted by Crippen LogP contribution is -2.40. The highest BCUT2D eigenvalue weighted by Gasteiger charge is 2.22. The highest BCUT2D eigenvalue weighted by atomic mass is 16.5. The number of morpholine rings is 1. The zero-order valence-electron chi connectivity index (χ0n) is 17.8. The third-order valence-corrected chi connectivity index (χ3v) is 6.18. The van der Waals surface area contributed by atoms with Gasteiger partial charge >= 0.3 is 0 Å². The Kier molecular flexibility index (Phi) is 7.12. The molecule has 2 atom stereocenters. The number of hydrogen-bond donors (Lipinski definition) is 2. The number of carbonyl (C=O) groups excluding carboxylic acids is 2. The molecule has 164 valence electrons. The standard InChI is InChI=1S/C25H30N2O4/c28-23(16-22-15-20-3-1-2-4-21(20)17-26-22)9-10-24(29)18-5-7-19(8-6-18)25(30)27-11-13-31-14-12-27/h1-8,22-23,26,28H,9-17H2. The number of carbonyl (C=O) groups is 2. The molecule has 1 fully saturated rings. The van der Waals surface area contributed by atoms with Gasteiger partial charge in [0.2, 0.25) is 0 Å². The number of Topliss-reactive ketones (excluding diaryl/α,β-unsaturated/α-hetero) is 1. The van der Waals surface area contributed by atoms with Crippen molar-refractivity contribution in [1.82, 2.24) is 10.2 Å². The van der Waals surface area contributed by atoms with Crippen molar-refractivity contribution in [2.24, 2.45) is 0 Å². The van der Waals surface area contributed by atoms with E-state index in [0.29, 0.717) is 56.7 Å². The van der Waals surface area contributed by atoms with Crippen LogP contribution in [0.3, 0.4) is 0 Å². The second-order valence-electron chi connectivity index (χ2n) is 8.38. The number of aliphatic hydroxyl groups is 1. The van der Waals surface area contributed by atoms with Gasteiger partial charge in [-0.05, 0) is 42.5 Å². The summed E-state index contributed by atoms with van der Waals surface area (Å²) in [5.41, 5.74) is 3.82. The third-order valence-electron chi connectivity index (χ3n) is 6.18. The molecule has 6 heteroatoms. The van der Waals surface area contributed by atoms with Crippen molar-refractivity contribution in [3.05, 3.63) is 70.8 Å². The average Bonchev–Trinajstić information content (AvgIpc) is 2.82. The monoisotopic (exact) mass is 422 g/mol. The van der Waals surface area contributed by atoms with E-state index < -0.39 is 6.10 Å². The first-order valence-electron chi connectivity index (χ1n) is 11.1. The predicted molar refractivity (Wildman–Crippen MR) is 118 cm³/mol. The molecule has 2 unspecified atom stereocenters. The molecule has 0 saturated carbocycles. The molecule has 2 aromatic rings. The van der Waals surface area contributed by atoms with Crippen molar-refractivity contribution >= 4 is 11.7 Å². The molecule has 1 saturated heterocycles. The lowest BCUT2D eigenvalue weighted by molar-refractivity contribution is 0.0303. The molecule has 6 nitrogen and oxygen atoms in total. The average molecular weight is 423 g/mol. The summed E-state index contributed by atoms with van der Waals surface area (Å²) in [5.74, 6) is -0.0364. The predicted octanol–water partition coefficient (Wildman–Crippen LogP) is 2.59. The van der Waals surface area contributed by atoms with Crippen LogP contribution in [-0.2, 0) is 17.7 Å². The van der Waals surface area contributed by atoms with Gasteiger partial charge in [0.1, 0.15) is 0 Å². The molecule has 0 spiro atoms. The lowest BCUT2D eigenvalue weighted by Gasteiger charge is -2.27. The minimum absolute atomic E-state index is 0.00799. The fourth-order valence-electron chi connectivity index (χ4n) is 4.32. The van der Waals surface area contributed by atoms with Gasteiger partial charge in [0.15, 0.2) is 5.78 Å². The largest absolute Gasteiger partial charge is 0.393 e. The van der Waals surface area contributed by atoms with Crippen molar-refractivity contribution in [2.75, 3.05) is 26.3 Å². The minimum Gasteiger partial charge on any atom is -0.393 e. The van der Waals surface area contributed by atoms with Crippen LogP contribution in [0.2, 0.25) is 0 Å². The molecule has 0 aromatic heterocycles. The summed E-state index contributed by atoms with van der Waals surface area (Å²) in [5, 5.41) is 13.9. The van der Waals surface area contributed by atoms with Crippen LogP contribution in [0.15, 0.2) is 48.5 Å². The Hall–Kier alpha value is -2.54. The Morgan fingerprint density at radius 2 is 1.71 bits per heavy atom. The van der Waals surface area contributed by atoms with Crippen LogP contribution < -0.4 is 5.32 Å². The summed E-state index contributed by atoms with van der Waals surface area (Å²) in [6.07, 6.45) is 1.75. The number of ether oxygens (including phenoxy) is 1. The van der Waals surface area contributed by atoms with E-state index in [-0.39, 0.29) is 17.7 Å². The van der Waals surface area contributed by atoms with Crippen LogP contribution >= 0.6 is 0 Å². The molecule has 2 aliphatic rings. The number of nitrogens with one attached hydrogen (secondary N) is 1. The Bertz CT molecular complexity index is 906. The van der Waals surface area contributed by atoms with Crippen molar-refractivity contribution < 1.29 is 19.4 Å². The molecular formula is C25H30N2O4. The number of amides is 1. The first kappa shape index (κ1) is 21.7. The van der Waals surface area contributed by atoms with Crippen LogP contribution in [0, 0.1) is 0 Å². The fraction of sp³-hybridized carbons (Fsp3) is 0.440. The van der Waals surface area contributed by atoms with Gasteiger partial charge in [-0.3, -0.25) is 9.59 Å². The maximum absolute atomic E-state index is 12.5. The van der Waals surface area contributed by atoms with Crippen LogP contribution in [0.5, 0.6) is 0 Å². The highest BCUT2D eigenvalue weighted by molar-refractivity contribution is 5.98. The number of fused-ring (bicyclic) bond motifs is 1. The fourth-order valence-corrected chi connectivity index (χ4v) is 4.32. The highest BCUT2D eigenvalue weighted by Crippen LogP contribution is 2.20. The van der Waals surface area contributed by atoms with E-state index in [1.54, 1.807) is 29.2 Å². The first-order chi connectivity index (χ1) is 15.1. The summed E-state index contributed by atoms with van der Waals surface area (Å²) in [6, 6.07) is 15.5. The third kappa shape index (κ3) is 5.58. The van der Waals surface area contributed by atoms with Gasteiger partial charge in [-0.25, -0.2) is 0 Å². The molecule has 2 aromatic carbocycles. The lowest BCUT2D eigenvalue weighted by atomic mass is 9.91. The molecule has 0 radical (unpaired) electrons. The van der Waals surface area contributed by atoms with Crippen LogP contribution in [0.25, 0.3) is 0 Å². The number of benzene rings is 2. The zero-order valence-corrected chi connectivity index (χ0v) is 17.8. The number of hydrogen-bond acceptors (Lipinski definition) is 5. The quantitative estimate of drug-likeness (QED) is 0.671. The van der Waals surface area contributed by atoms with Gasteiger partial charge < -0.3 is 20.1 Å². The number of rotatable bonds is 7. The molecule has 2 heterocycles. The van der Waals surface area contributed by atoms with Crippen molar-refractivity contribution in [3.8, 4) is 0 Å². The number of aliphatic hydroxyl groups excluding tert-OH is 1. The number of nitrogens with zero attached hydrogens (tertiary/aromatic N) is 1. The summed E-state index contributed by atoms with van der Waals surface area (Å²) < 4.78 is 5.28. The summed E-state index contributed by atoms with van der Waals surface area (Å²) in [7, 11) is 0. The molecule has 2 N–H and O–H groups in total. The van der Waals surface area contributed by atoms with Crippen LogP contribution in [-0.4, -0.2) is 60.1 Å². The molecular weight excluding hydrogens is 392 g/mol. The Morgan fingerprint density at radius 3 is 2.45 bits per heavy atom. The Labute approximate surface area is 183 Å². The van der Waals surface area contributed by atoms with E-state index in [0.717, 1.165) is 13.0 Å². The molecule has 0 aliphatic carbocycles. The second kappa shape index (κ2) is 10.2. The van der Waals surface area contributed by atoms with E-state index in [2.05, 4.69) is 23.5 Å². The molecule has 2 aliphatic heterocycles. The van der Waals surface area contributed by atoms with Gasteiger partial charge in [-0.15, -0.1) is 0 Å². The maximum Gasteiger partial charge on any atom is 0.254 e. The van der Waals surface area contributed by atoms with Crippen molar-refractivity contribution in [1.29, 1.82) is 0 Å². The Balaban J connectivity index is 1.24. The van der Waals surface area contributed by atoms with E-state index in [9.17, 15) is 14.7 Å².